The number of hydrogen-bond donors (Lipinski definition) is 2. The fraction of sp³-hybridized carbons (Fsp3) is 0.250. The molecule has 0 aliphatic carbocycles. The zero-order chi connectivity index (χ0) is 16.0. The van der Waals surface area contributed by atoms with E-state index in [-0.39, 0.29) is 5.91 Å². The van der Waals surface area contributed by atoms with Crippen LogP contribution in [0.5, 0.6) is 0 Å². The van der Waals surface area contributed by atoms with E-state index in [0.29, 0.717) is 23.9 Å². The Labute approximate surface area is 137 Å². The molecule has 3 heterocycles. The van der Waals surface area contributed by atoms with E-state index in [9.17, 15) is 4.79 Å². The van der Waals surface area contributed by atoms with Gasteiger partial charge in [0.2, 0.25) is 0 Å². The molecular weight excluding hydrogens is 316 g/mol. The van der Waals surface area contributed by atoms with E-state index in [1.807, 2.05) is 29.9 Å². The van der Waals surface area contributed by atoms with Crippen LogP contribution in [0.2, 0.25) is 5.02 Å². The molecule has 2 N–H and O–H groups in total. The number of nitrogens with one attached hydrogen (secondary N) is 2. The van der Waals surface area contributed by atoms with Crippen molar-refractivity contribution in [3.8, 4) is 0 Å². The molecule has 0 radical (unpaired) electrons. The lowest BCUT2D eigenvalue weighted by Gasteiger charge is -2.40. The van der Waals surface area contributed by atoms with E-state index in [4.69, 9.17) is 16.3 Å². The third-order valence-corrected chi connectivity index (χ3v) is 4.31. The number of carbonyl (C=O) groups excluding carboxylic acids is 1. The maximum atomic E-state index is 12.6. The summed E-state index contributed by atoms with van der Waals surface area (Å²) in [6.45, 7) is 0.837. The van der Waals surface area contributed by atoms with Crippen LogP contribution in [0.25, 0.3) is 10.9 Å². The van der Waals surface area contributed by atoms with Crippen LogP contribution >= 0.6 is 11.6 Å². The highest BCUT2D eigenvalue weighted by Crippen LogP contribution is 2.29. The van der Waals surface area contributed by atoms with Crippen molar-refractivity contribution in [3.05, 3.63) is 53.2 Å². The maximum Gasteiger partial charge on any atom is 0.268 e. The molecule has 1 aromatic carbocycles. The van der Waals surface area contributed by atoms with Crippen molar-refractivity contribution in [2.24, 2.45) is 7.05 Å². The van der Waals surface area contributed by atoms with Gasteiger partial charge in [0, 0.05) is 29.2 Å². The Bertz CT molecular complexity index is 895. The van der Waals surface area contributed by atoms with Crippen molar-refractivity contribution in [3.63, 3.8) is 0 Å². The predicted octanol–water partition coefficient (Wildman–Crippen LogP) is 2.21. The van der Waals surface area contributed by atoms with Crippen molar-refractivity contribution in [2.45, 2.75) is 5.54 Å². The minimum absolute atomic E-state index is 0.189. The van der Waals surface area contributed by atoms with Crippen LogP contribution in [0.15, 0.2) is 36.8 Å². The molecule has 7 heteroatoms. The molecule has 0 bridgehead atoms. The number of fused-ring (bicyclic) bond motifs is 1. The van der Waals surface area contributed by atoms with Gasteiger partial charge in [-0.2, -0.15) is 0 Å². The monoisotopic (exact) mass is 330 g/mol. The summed E-state index contributed by atoms with van der Waals surface area (Å²) < 4.78 is 7.18. The quantitative estimate of drug-likeness (QED) is 0.773. The fourth-order valence-electron chi connectivity index (χ4n) is 2.76. The van der Waals surface area contributed by atoms with Gasteiger partial charge in [-0.15, -0.1) is 0 Å². The second-order valence-electron chi connectivity index (χ2n) is 5.87. The summed E-state index contributed by atoms with van der Waals surface area (Å²) in [6.07, 6.45) is 3.61. The maximum absolute atomic E-state index is 12.6. The number of H-pyrrole nitrogens is 1. The molecule has 6 nitrogen and oxygen atoms in total. The second kappa shape index (κ2) is 5.11. The second-order valence-corrected chi connectivity index (χ2v) is 6.30. The number of hydrogen-bond acceptors (Lipinski definition) is 3. The topological polar surface area (TPSA) is 71.9 Å². The molecule has 3 aromatic rings. The first-order valence-electron chi connectivity index (χ1n) is 7.23. The van der Waals surface area contributed by atoms with Gasteiger partial charge in [-0.3, -0.25) is 4.79 Å². The number of imidazole rings is 1. The molecule has 1 amide bonds. The predicted molar refractivity (Wildman–Crippen MR) is 86.5 cm³/mol. The molecule has 118 valence electrons. The third-order valence-electron chi connectivity index (χ3n) is 4.07. The highest BCUT2D eigenvalue weighted by molar-refractivity contribution is 6.31. The summed E-state index contributed by atoms with van der Waals surface area (Å²) in [6, 6.07) is 7.26. The number of carbonyl (C=O) groups is 1. The van der Waals surface area contributed by atoms with E-state index < -0.39 is 5.54 Å². The molecule has 0 atom stereocenters. The minimum atomic E-state index is -0.562. The van der Waals surface area contributed by atoms with Gasteiger partial charge < -0.3 is 19.6 Å². The molecule has 0 unspecified atom stereocenters. The van der Waals surface area contributed by atoms with Crippen molar-refractivity contribution < 1.29 is 9.53 Å². The third kappa shape index (κ3) is 2.40. The first kappa shape index (κ1) is 14.3. The van der Waals surface area contributed by atoms with Crippen molar-refractivity contribution in [1.82, 2.24) is 19.9 Å². The Morgan fingerprint density at radius 1 is 1.43 bits per heavy atom. The molecule has 0 spiro atoms. The van der Waals surface area contributed by atoms with Gasteiger partial charge in [-0.05, 0) is 24.3 Å². The van der Waals surface area contributed by atoms with E-state index in [1.165, 1.54) is 0 Å². The van der Waals surface area contributed by atoms with Gasteiger partial charge in [0.1, 0.15) is 11.2 Å². The largest absolute Gasteiger partial charge is 0.376 e. The summed E-state index contributed by atoms with van der Waals surface area (Å²) in [5.74, 6) is -0.189. The molecule has 23 heavy (non-hydrogen) atoms. The number of rotatable bonds is 3. The SMILES string of the molecule is Cn1cnc(C2(NC(=O)c3cc4cc(Cl)ccc4[nH]3)COC2)c1. The van der Waals surface area contributed by atoms with E-state index in [2.05, 4.69) is 15.3 Å². The average Bonchev–Trinajstić information content (AvgIpc) is 3.08. The summed E-state index contributed by atoms with van der Waals surface area (Å²) in [4.78, 5) is 20.1. The van der Waals surface area contributed by atoms with Gasteiger partial charge in [-0.25, -0.2) is 4.98 Å². The number of amides is 1. The summed E-state index contributed by atoms with van der Waals surface area (Å²) in [5.41, 5.74) is 1.60. The highest BCUT2D eigenvalue weighted by atomic mass is 35.5. The molecule has 1 saturated heterocycles. The van der Waals surface area contributed by atoms with Crippen molar-refractivity contribution >= 4 is 28.4 Å². The van der Waals surface area contributed by atoms with Crippen molar-refractivity contribution in [2.75, 3.05) is 13.2 Å². The fourth-order valence-corrected chi connectivity index (χ4v) is 2.94. The first-order valence-corrected chi connectivity index (χ1v) is 7.61. The molecule has 1 aliphatic heterocycles. The normalized spacial score (nSPS) is 16.3. The van der Waals surface area contributed by atoms with E-state index in [1.54, 1.807) is 18.5 Å². The summed E-state index contributed by atoms with van der Waals surface area (Å²) in [7, 11) is 1.90. The zero-order valence-corrected chi connectivity index (χ0v) is 13.2. The number of aromatic amines is 1. The smallest absolute Gasteiger partial charge is 0.268 e. The number of aryl methyl sites for hydroxylation is 1. The highest BCUT2D eigenvalue weighted by Gasteiger charge is 2.44. The Morgan fingerprint density at radius 2 is 2.26 bits per heavy atom. The number of benzene rings is 1. The minimum Gasteiger partial charge on any atom is -0.376 e. The average molecular weight is 331 g/mol. The Morgan fingerprint density at radius 3 is 2.91 bits per heavy atom. The molecule has 1 fully saturated rings. The molecule has 4 rings (SSSR count). The van der Waals surface area contributed by atoms with Gasteiger partial charge in [-0.1, -0.05) is 11.6 Å². The van der Waals surface area contributed by atoms with Gasteiger partial charge >= 0.3 is 0 Å². The van der Waals surface area contributed by atoms with E-state index >= 15 is 0 Å². The zero-order valence-electron chi connectivity index (χ0n) is 12.5. The first-order chi connectivity index (χ1) is 11.1. The van der Waals surface area contributed by atoms with Crippen LogP contribution in [0.3, 0.4) is 0 Å². The Kier molecular flexibility index (Phi) is 3.18. The van der Waals surface area contributed by atoms with Gasteiger partial charge in [0.25, 0.3) is 5.91 Å². The van der Waals surface area contributed by atoms with Gasteiger partial charge in [0.15, 0.2) is 0 Å². The molecule has 0 saturated carbocycles. The number of nitrogens with zero attached hydrogens (tertiary/aromatic N) is 2. The van der Waals surface area contributed by atoms with E-state index in [0.717, 1.165) is 16.6 Å². The lowest BCUT2D eigenvalue weighted by atomic mass is 9.93. The van der Waals surface area contributed by atoms with Crippen LogP contribution in [0.4, 0.5) is 0 Å². The van der Waals surface area contributed by atoms with Crippen LogP contribution in [0, 0.1) is 0 Å². The van der Waals surface area contributed by atoms with Crippen LogP contribution in [0.1, 0.15) is 16.2 Å². The molecule has 1 aliphatic rings. The number of aromatic nitrogens is 3. The Hall–Kier alpha value is -2.31. The van der Waals surface area contributed by atoms with Crippen molar-refractivity contribution in [1.29, 1.82) is 0 Å². The molecule has 2 aromatic heterocycles. The number of halogens is 1. The standard InChI is InChI=1S/C16H15ClN4O2/c1-21-6-14(18-9-21)16(7-23-8-16)20-15(22)13-5-10-4-11(17)2-3-12(10)19-13/h2-6,9,19H,7-8H2,1H3,(H,20,22). The number of ether oxygens (including phenoxy) is 1. The van der Waals surface area contributed by atoms with Crippen LogP contribution in [-0.2, 0) is 17.3 Å². The Balaban J connectivity index is 1.63. The molecular formula is C16H15ClN4O2. The summed E-state index contributed by atoms with van der Waals surface area (Å²) in [5, 5.41) is 4.59. The van der Waals surface area contributed by atoms with Crippen LogP contribution in [-0.4, -0.2) is 33.7 Å². The lowest BCUT2D eigenvalue weighted by molar-refractivity contribution is -0.0754. The van der Waals surface area contributed by atoms with Crippen LogP contribution < -0.4 is 5.32 Å². The lowest BCUT2D eigenvalue weighted by Crippen LogP contribution is -2.59. The summed E-state index contributed by atoms with van der Waals surface area (Å²) >= 11 is 5.99. The van der Waals surface area contributed by atoms with Gasteiger partial charge in [0.05, 0.1) is 25.2 Å².